The number of ether oxygens (including phenoxy) is 1. The standard InChI is InChI=1S/C9H10O6S.2Na/c1-6-2-3-7(15-5-9(10)11)8(4-6)16(12,13)14;;/h2-4H,5H2,1H3,(H,10,11)(H,12,13,14);;/q;2*+1/p-2. The molecule has 0 N–H and O–H groups in total. The van der Waals surface area contributed by atoms with Gasteiger partial charge >= 0.3 is 59.1 Å². The molecule has 0 aliphatic rings. The van der Waals surface area contributed by atoms with E-state index in [1.54, 1.807) is 6.92 Å². The van der Waals surface area contributed by atoms with Crippen molar-refractivity contribution < 1.29 is 86.7 Å². The molecule has 9 heteroatoms. The van der Waals surface area contributed by atoms with Crippen molar-refractivity contribution in [3.05, 3.63) is 23.8 Å². The van der Waals surface area contributed by atoms with E-state index >= 15 is 0 Å². The topological polar surface area (TPSA) is 107 Å². The van der Waals surface area contributed by atoms with Crippen LogP contribution in [0.1, 0.15) is 5.56 Å². The van der Waals surface area contributed by atoms with Gasteiger partial charge in [0.25, 0.3) is 0 Å². The number of hydrogen-bond donors (Lipinski definition) is 0. The summed E-state index contributed by atoms with van der Waals surface area (Å²) in [4.78, 5) is 9.56. The molecule has 0 atom stereocenters. The maximum atomic E-state index is 10.9. The van der Waals surface area contributed by atoms with Crippen molar-refractivity contribution in [2.75, 3.05) is 6.61 Å². The van der Waals surface area contributed by atoms with Gasteiger partial charge in [0.2, 0.25) is 0 Å². The molecule has 6 nitrogen and oxygen atoms in total. The summed E-state index contributed by atoms with van der Waals surface area (Å²) in [6.07, 6.45) is 0. The molecule has 0 spiro atoms. The van der Waals surface area contributed by atoms with Crippen LogP contribution in [0.5, 0.6) is 5.75 Å². The molecule has 0 aromatic heterocycles. The molecule has 0 radical (unpaired) electrons. The van der Waals surface area contributed by atoms with Crippen molar-refractivity contribution in [1.29, 1.82) is 0 Å². The summed E-state index contributed by atoms with van der Waals surface area (Å²) in [5.41, 5.74) is 0.551. The number of carbonyl (C=O) groups excluding carboxylic acids is 1. The molecular formula is C9H8Na2O6S. The van der Waals surface area contributed by atoms with Crippen LogP contribution < -0.4 is 69.0 Å². The second kappa shape index (κ2) is 8.55. The molecule has 0 fully saturated rings. The van der Waals surface area contributed by atoms with E-state index in [0.29, 0.717) is 5.56 Å². The molecule has 1 rings (SSSR count). The van der Waals surface area contributed by atoms with E-state index in [4.69, 9.17) is 0 Å². The smallest absolute Gasteiger partial charge is 0.744 e. The Balaban J connectivity index is 0. The molecule has 1 aromatic carbocycles. The van der Waals surface area contributed by atoms with E-state index in [1.165, 1.54) is 12.1 Å². The molecule has 0 unspecified atom stereocenters. The van der Waals surface area contributed by atoms with Crippen LogP contribution in [-0.4, -0.2) is 25.5 Å². The number of carboxylic acids is 1. The van der Waals surface area contributed by atoms with Crippen LogP contribution in [0.15, 0.2) is 23.1 Å². The number of carboxylic acid groups (broad SMARTS) is 1. The number of aryl methyl sites for hydroxylation is 1. The van der Waals surface area contributed by atoms with Crippen LogP contribution in [0, 0.1) is 6.92 Å². The molecule has 0 saturated carbocycles. The van der Waals surface area contributed by atoms with Gasteiger partial charge in [-0.05, 0) is 24.6 Å². The van der Waals surface area contributed by atoms with E-state index in [-0.39, 0.29) is 64.9 Å². The van der Waals surface area contributed by atoms with E-state index in [0.717, 1.165) is 6.07 Å². The van der Waals surface area contributed by atoms with Crippen LogP contribution >= 0.6 is 0 Å². The summed E-state index contributed by atoms with van der Waals surface area (Å²) in [5, 5.41) is 10.1. The minimum absolute atomic E-state index is 0. The molecular weight excluding hydrogens is 282 g/mol. The zero-order valence-electron chi connectivity index (χ0n) is 10.3. The Morgan fingerprint density at radius 1 is 1.33 bits per heavy atom. The van der Waals surface area contributed by atoms with E-state index in [9.17, 15) is 22.9 Å². The largest absolute Gasteiger partial charge is 1.00 e. The number of rotatable bonds is 4. The maximum absolute atomic E-state index is 10.9. The van der Waals surface area contributed by atoms with Crippen LogP contribution in [0.2, 0.25) is 0 Å². The van der Waals surface area contributed by atoms with Gasteiger partial charge in [-0.1, -0.05) is 6.07 Å². The quantitative estimate of drug-likeness (QED) is 0.403. The van der Waals surface area contributed by atoms with Gasteiger partial charge in [-0.2, -0.15) is 0 Å². The molecule has 0 saturated heterocycles. The Labute approximate surface area is 149 Å². The van der Waals surface area contributed by atoms with Crippen molar-refractivity contribution in [3.8, 4) is 5.75 Å². The summed E-state index contributed by atoms with van der Waals surface area (Å²) >= 11 is 0. The molecule has 0 heterocycles. The summed E-state index contributed by atoms with van der Waals surface area (Å²) in [6.45, 7) is 0.781. The first-order chi connectivity index (χ1) is 7.30. The van der Waals surface area contributed by atoms with Gasteiger partial charge < -0.3 is 19.2 Å². The molecule has 0 amide bonds. The van der Waals surface area contributed by atoms with Gasteiger partial charge in [0.1, 0.15) is 22.5 Å². The van der Waals surface area contributed by atoms with Crippen molar-refractivity contribution in [2.45, 2.75) is 11.8 Å². The van der Waals surface area contributed by atoms with Crippen molar-refractivity contribution >= 4 is 16.1 Å². The fourth-order valence-electron chi connectivity index (χ4n) is 1.07. The van der Waals surface area contributed by atoms with Crippen LogP contribution in [0.25, 0.3) is 0 Å². The summed E-state index contributed by atoms with van der Waals surface area (Å²) in [6, 6.07) is 3.84. The first kappa shape index (κ1) is 20.7. The van der Waals surface area contributed by atoms with Gasteiger partial charge in [0, 0.05) is 0 Å². The fourth-order valence-corrected chi connectivity index (χ4v) is 1.77. The van der Waals surface area contributed by atoms with E-state index < -0.39 is 27.6 Å². The SMILES string of the molecule is Cc1ccc(OCC(=O)[O-])c(S(=O)(=O)[O-])c1.[Na+].[Na+]. The predicted molar refractivity (Wildman–Crippen MR) is 49.6 cm³/mol. The number of aliphatic carboxylic acids is 1. The van der Waals surface area contributed by atoms with Crippen molar-refractivity contribution in [1.82, 2.24) is 0 Å². The zero-order chi connectivity index (χ0) is 12.3. The van der Waals surface area contributed by atoms with Gasteiger partial charge in [0.15, 0.2) is 0 Å². The number of hydrogen-bond acceptors (Lipinski definition) is 6. The van der Waals surface area contributed by atoms with Gasteiger partial charge in [-0.3, -0.25) is 0 Å². The first-order valence-corrected chi connectivity index (χ1v) is 5.61. The molecule has 0 bridgehead atoms. The average molecular weight is 290 g/mol. The Hall–Kier alpha value is 0.400. The molecule has 0 aliphatic heterocycles. The second-order valence-corrected chi connectivity index (χ2v) is 4.41. The molecule has 88 valence electrons. The zero-order valence-corrected chi connectivity index (χ0v) is 15.1. The van der Waals surface area contributed by atoms with Crippen molar-refractivity contribution in [3.63, 3.8) is 0 Å². The Morgan fingerprint density at radius 3 is 2.33 bits per heavy atom. The molecule has 0 aliphatic carbocycles. The van der Waals surface area contributed by atoms with E-state index in [2.05, 4.69) is 4.74 Å². The predicted octanol–water partition coefficient (Wildman–Crippen LogP) is -6.96. The third-order valence-corrected chi connectivity index (χ3v) is 2.57. The Kier molecular flexibility index (Phi) is 9.83. The first-order valence-electron chi connectivity index (χ1n) is 4.20. The second-order valence-electron chi connectivity index (χ2n) is 3.06. The monoisotopic (exact) mass is 290 g/mol. The van der Waals surface area contributed by atoms with Gasteiger partial charge in [0.05, 0.1) is 10.9 Å². The third kappa shape index (κ3) is 6.53. The van der Waals surface area contributed by atoms with E-state index in [1.807, 2.05) is 0 Å². The number of carbonyl (C=O) groups is 1. The number of benzene rings is 1. The van der Waals surface area contributed by atoms with Gasteiger partial charge in [-0.25, -0.2) is 8.42 Å². The Bertz CT molecular complexity index is 514. The normalized spacial score (nSPS) is 9.89. The summed E-state index contributed by atoms with van der Waals surface area (Å²) < 4.78 is 37.2. The van der Waals surface area contributed by atoms with Crippen LogP contribution in [0.4, 0.5) is 0 Å². The maximum Gasteiger partial charge on any atom is 1.00 e. The third-order valence-electron chi connectivity index (χ3n) is 1.71. The minimum Gasteiger partial charge on any atom is -0.744 e. The van der Waals surface area contributed by atoms with Gasteiger partial charge in [-0.15, -0.1) is 0 Å². The molecule has 1 aromatic rings. The fraction of sp³-hybridized carbons (Fsp3) is 0.222. The minimum atomic E-state index is -4.69. The molecule has 18 heavy (non-hydrogen) atoms. The van der Waals surface area contributed by atoms with Crippen LogP contribution in [0.3, 0.4) is 0 Å². The van der Waals surface area contributed by atoms with Crippen LogP contribution in [-0.2, 0) is 14.9 Å². The summed E-state index contributed by atoms with van der Waals surface area (Å²) in [5.74, 6) is -1.79. The average Bonchev–Trinajstić information content (AvgIpc) is 2.14. The Morgan fingerprint density at radius 2 is 1.89 bits per heavy atom. The van der Waals surface area contributed by atoms with Crippen molar-refractivity contribution in [2.24, 2.45) is 0 Å². The summed E-state index contributed by atoms with van der Waals surface area (Å²) in [7, 11) is -4.69.